The molecule has 1 aliphatic carbocycles. The van der Waals surface area contributed by atoms with Gasteiger partial charge in [0.05, 0.1) is 22.2 Å². The molecule has 146 valence electrons. The second-order valence-electron chi connectivity index (χ2n) is 7.53. The summed E-state index contributed by atoms with van der Waals surface area (Å²) in [5, 5.41) is -0.221. The van der Waals surface area contributed by atoms with Crippen LogP contribution in [0.15, 0.2) is 15.7 Å². The molecule has 6 nitrogen and oxygen atoms in total. The minimum Gasteiger partial charge on any atom is -0.368 e. The highest BCUT2D eigenvalue weighted by Crippen LogP contribution is 2.43. The fraction of sp³-hybridized carbons (Fsp3) is 0.556. The van der Waals surface area contributed by atoms with Crippen molar-refractivity contribution in [1.29, 1.82) is 0 Å². The van der Waals surface area contributed by atoms with E-state index in [0.29, 0.717) is 32.4 Å². The molecular weight excluding hydrogens is 361 g/mol. The van der Waals surface area contributed by atoms with Gasteiger partial charge in [0, 0.05) is 25.2 Å². The summed E-state index contributed by atoms with van der Waals surface area (Å²) < 4.78 is 44.4. The molecule has 4 rings (SSSR count). The van der Waals surface area contributed by atoms with Gasteiger partial charge in [0.15, 0.2) is 0 Å². The Hall–Kier alpha value is -2.29. The van der Waals surface area contributed by atoms with Gasteiger partial charge < -0.3 is 10.6 Å². The van der Waals surface area contributed by atoms with Gasteiger partial charge in [-0.15, -0.1) is 0 Å². The highest BCUT2D eigenvalue weighted by atomic mass is 19.3. The molecule has 1 saturated carbocycles. The van der Waals surface area contributed by atoms with Crippen LogP contribution in [-0.4, -0.2) is 28.7 Å². The quantitative estimate of drug-likeness (QED) is 0.850. The van der Waals surface area contributed by atoms with Crippen molar-refractivity contribution in [2.24, 2.45) is 11.7 Å². The van der Waals surface area contributed by atoms with E-state index in [4.69, 9.17) is 5.73 Å². The lowest BCUT2D eigenvalue weighted by Gasteiger charge is -2.25. The molecule has 0 bridgehead atoms. The second-order valence-corrected chi connectivity index (χ2v) is 7.53. The molecule has 2 atom stereocenters. The molecule has 27 heavy (non-hydrogen) atoms. The van der Waals surface area contributed by atoms with E-state index >= 15 is 0 Å². The van der Waals surface area contributed by atoms with Crippen LogP contribution in [0.3, 0.4) is 0 Å². The molecule has 2 fully saturated rings. The predicted octanol–water partition coefficient (Wildman–Crippen LogP) is 2.27. The normalized spacial score (nSPS) is 21.4. The molecule has 1 aromatic heterocycles. The maximum atomic E-state index is 14.9. The van der Waals surface area contributed by atoms with Gasteiger partial charge >= 0.3 is 5.69 Å². The largest absolute Gasteiger partial charge is 0.368 e. The minimum atomic E-state index is -3.03. The molecule has 0 spiro atoms. The van der Waals surface area contributed by atoms with Crippen molar-refractivity contribution in [3.05, 3.63) is 38.3 Å². The molecule has 0 amide bonds. The summed E-state index contributed by atoms with van der Waals surface area (Å²) in [5.74, 6) is -0.815. The van der Waals surface area contributed by atoms with Crippen LogP contribution in [0.4, 0.5) is 18.9 Å². The molecule has 1 saturated heterocycles. The van der Waals surface area contributed by atoms with E-state index in [1.54, 1.807) is 4.90 Å². The van der Waals surface area contributed by atoms with Crippen LogP contribution in [0.25, 0.3) is 10.9 Å². The number of fused-ring (bicyclic) bond motifs is 1. The highest BCUT2D eigenvalue weighted by Gasteiger charge is 2.35. The average Bonchev–Trinajstić information content (AvgIpc) is 3.29. The van der Waals surface area contributed by atoms with E-state index in [0.717, 1.165) is 6.07 Å². The summed E-state index contributed by atoms with van der Waals surface area (Å²) in [6.07, 6.45) is -1.04. The predicted molar refractivity (Wildman–Crippen MR) is 96.0 cm³/mol. The number of halogens is 3. The first kappa shape index (κ1) is 18.1. The summed E-state index contributed by atoms with van der Waals surface area (Å²) in [6, 6.07) is 0.580. The lowest BCUT2D eigenvalue weighted by molar-refractivity contribution is 0.152. The third kappa shape index (κ3) is 2.93. The summed E-state index contributed by atoms with van der Waals surface area (Å²) in [7, 11) is 0. The number of benzene rings is 1. The number of aromatic nitrogens is 2. The fourth-order valence-electron chi connectivity index (χ4n) is 4.04. The van der Waals surface area contributed by atoms with Crippen LogP contribution < -0.4 is 21.9 Å². The van der Waals surface area contributed by atoms with Crippen molar-refractivity contribution in [1.82, 2.24) is 9.55 Å². The van der Waals surface area contributed by atoms with Gasteiger partial charge in [0.1, 0.15) is 5.82 Å². The number of anilines is 1. The molecule has 1 unspecified atom stereocenters. The van der Waals surface area contributed by atoms with E-state index in [1.165, 1.54) is 4.57 Å². The number of nitrogens with one attached hydrogen (secondary N) is 1. The first-order chi connectivity index (χ1) is 12.8. The Bertz CT molecular complexity index is 1010. The Labute approximate surface area is 152 Å². The first-order valence-corrected chi connectivity index (χ1v) is 9.09. The number of hydrogen-bond donors (Lipinski definition) is 2. The Morgan fingerprint density at radius 3 is 2.52 bits per heavy atom. The molecular formula is C18H21F3N4O2. The maximum Gasteiger partial charge on any atom is 0.329 e. The SMILES string of the molecule is C[C@H](N)C1CCN(c2c(F)cc3c(=O)[nH]c(=O)n(C4CC4)c3c2C(F)F)C1. The van der Waals surface area contributed by atoms with Crippen molar-refractivity contribution in [3.63, 3.8) is 0 Å². The number of H-pyrrole nitrogens is 1. The highest BCUT2D eigenvalue weighted by molar-refractivity contribution is 5.88. The van der Waals surface area contributed by atoms with E-state index < -0.39 is 29.1 Å². The zero-order valence-electron chi connectivity index (χ0n) is 14.8. The molecule has 3 N–H and O–H groups in total. The molecule has 1 aromatic carbocycles. The van der Waals surface area contributed by atoms with Crippen molar-refractivity contribution < 1.29 is 13.2 Å². The zero-order valence-corrected chi connectivity index (χ0v) is 14.8. The molecule has 2 aromatic rings. The molecule has 2 heterocycles. The number of nitrogens with two attached hydrogens (primary N) is 1. The number of nitrogens with zero attached hydrogens (tertiary/aromatic N) is 2. The summed E-state index contributed by atoms with van der Waals surface area (Å²) in [5.41, 5.74) is 3.38. The zero-order chi connectivity index (χ0) is 19.5. The van der Waals surface area contributed by atoms with Crippen molar-refractivity contribution in [2.75, 3.05) is 18.0 Å². The lowest BCUT2D eigenvalue weighted by atomic mass is 10.0. The van der Waals surface area contributed by atoms with Crippen molar-refractivity contribution in [2.45, 2.75) is 44.7 Å². The second kappa shape index (κ2) is 6.40. The first-order valence-electron chi connectivity index (χ1n) is 9.09. The lowest BCUT2D eigenvalue weighted by Crippen LogP contribution is -2.33. The van der Waals surface area contributed by atoms with Crippen molar-refractivity contribution in [3.8, 4) is 0 Å². The Balaban J connectivity index is 2.01. The number of rotatable bonds is 4. The molecule has 2 aliphatic rings. The fourth-order valence-corrected chi connectivity index (χ4v) is 4.04. The van der Waals surface area contributed by atoms with Gasteiger partial charge in [-0.2, -0.15) is 0 Å². The van der Waals surface area contributed by atoms with Crippen LogP contribution in [0.5, 0.6) is 0 Å². The summed E-state index contributed by atoms with van der Waals surface area (Å²) in [6.45, 7) is 2.59. The molecule has 0 radical (unpaired) electrons. The maximum absolute atomic E-state index is 14.9. The van der Waals surface area contributed by atoms with E-state index in [2.05, 4.69) is 4.98 Å². The van der Waals surface area contributed by atoms with E-state index in [1.807, 2.05) is 6.92 Å². The number of aromatic amines is 1. The minimum absolute atomic E-state index is 0.0652. The summed E-state index contributed by atoms with van der Waals surface area (Å²) >= 11 is 0. The van der Waals surface area contributed by atoms with Crippen LogP contribution in [0.2, 0.25) is 0 Å². The van der Waals surface area contributed by atoms with E-state index in [9.17, 15) is 22.8 Å². The van der Waals surface area contributed by atoms with Crippen molar-refractivity contribution >= 4 is 16.6 Å². The Morgan fingerprint density at radius 2 is 1.96 bits per heavy atom. The average molecular weight is 382 g/mol. The Morgan fingerprint density at radius 1 is 1.26 bits per heavy atom. The van der Waals surface area contributed by atoms with Gasteiger partial charge in [-0.25, -0.2) is 18.0 Å². The van der Waals surface area contributed by atoms with Crippen LogP contribution in [0.1, 0.15) is 44.2 Å². The van der Waals surface area contributed by atoms with Gasteiger partial charge in [0.2, 0.25) is 0 Å². The molecule has 1 aliphatic heterocycles. The third-order valence-corrected chi connectivity index (χ3v) is 5.60. The summed E-state index contributed by atoms with van der Waals surface area (Å²) in [4.78, 5) is 28.2. The van der Waals surface area contributed by atoms with Gasteiger partial charge in [0.25, 0.3) is 12.0 Å². The topological polar surface area (TPSA) is 84.1 Å². The smallest absolute Gasteiger partial charge is 0.329 e. The Kier molecular flexibility index (Phi) is 4.29. The van der Waals surface area contributed by atoms with Crippen LogP contribution in [0, 0.1) is 11.7 Å². The monoisotopic (exact) mass is 382 g/mol. The van der Waals surface area contributed by atoms with Crippen LogP contribution >= 0.6 is 0 Å². The standard InChI is InChI=1S/C18H21F3N4O2/c1-8(22)9-4-5-24(7-9)15-12(19)6-11-14(13(15)16(20)21)25(10-2-3-10)18(27)23-17(11)26/h6,8-10,16H,2-5,7,22H2,1H3,(H,23,26,27)/t8-,9?/m0/s1. The third-order valence-electron chi connectivity index (χ3n) is 5.60. The van der Waals surface area contributed by atoms with Crippen LogP contribution in [-0.2, 0) is 0 Å². The van der Waals surface area contributed by atoms with Gasteiger partial charge in [-0.3, -0.25) is 14.3 Å². The van der Waals surface area contributed by atoms with Gasteiger partial charge in [-0.1, -0.05) is 0 Å². The number of hydrogen-bond acceptors (Lipinski definition) is 4. The number of alkyl halides is 2. The molecule has 9 heteroatoms. The van der Waals surface area contributed by atoms with E-state index in [-0.39, 0.29) is 34.6 Å². The van der Waals surface area contributed by atoms with Gasteiger partial charge in [-0.05, 0) is 38.2 Å².